The van der Waals surface area contributed by atoms with Crippen LogP contribution in [0, 0.1) is 17.0 Å². The maximum Gasteiger partial charge on any atom is 0.310 e. The monoisotopic (exact) mass is 500 g/mol. The fourth-order valence-corrected chi connectivity index (χ4v) is 3.72. The first kappa shape index (κ1) is 23.3. The van der Waals surface area contributed by atoms with Crippen LogP contribution in [0.1, 0.15) is 27.6 Å². The van der Waals surface area contributed by atoms with E-state index in [-0.39, 0.29) is 23.8 Å². The number of amides is 1. The van der Waals surface area contributed by atoms with E-state index < -0.39 is 10.8 Å². The first-order valence-corrected chi connectivity index (χ1v) is 10.8. The highest BCUT2D eigenvalue weighted by Gasteiger charge is 2.17. The van der Waals surface area contributed by atoms with Crippen LogP contribution in [-0.4, -0.2) is 20.6 Å². The number of nitrogens with zero attached hydrogens (tertiary/aromatic N) is 3. The summed E-state index contributed by atoms with van der Waals surface area (Å²) in [4.78, 5) is 23.2. The molecule has 4 aromatic rings. The van der Waals surface area contributed by atoms with Crippen molar-refractivity contribution in [1.82, 2.24) is 9.78 Å². The number of para-hydroxylation sites is 2. The van der Waals surface area contributed by atoms with E-state index in [4.69, 9.17) is 32.4 Å². The SMILES string of the molecule is Cc1cc(NC(=O)c2ccc(COc3ccccc3[N+](=O)[O-])o2)nn1Cc1c(Cl)cccc1Cl. The van der Waals surface area contributed by atoms with Crippen LogP contribution in [0.15, 0.2) is 65.1 Å². The van der Waals surface area contributed by atoms with Crippen molar-refractivity contribution in [2.75, 3.05) is 5.32 Å². The van der Waals surface area contributed by atoms with Crippen molar-refractivity contribution in [1.29, 1.82) is 0 Å². The van der Waals surface area contributed by atoms with E-state index in [9.17, 15) is 14.9 Å². The molecule has 0 atom stereocenters. The molecule has 2 aromatic carbocycles. The number of carbonyl (C=O) groups excluding carboxylic acids is 1. The molecule has 2 aromatic heterocycles. The molecule has 1 N–H and O–H groups in total. The molecule has 9 nitrogen and oxygen atoms in total. The van der Waals surface area contributed by atoms with Crippen LogP contribution in [0.5, 0.6) is 5.75 Å². The number of halogens is 2. The molecule has 0 unspecified atom stereocenters. The molecule has 11 heteroatoms. The Morgan fingerprint density at radius 1 is 1.15 bits per heavy atom. The zero-order chi connectivity index (χ0) is 24.2. The maximum absolute atomic E-state index is 12.6. The lowest BCUT2D eigenvalue weighted by atomic mass is 10.2. The average molecular weight is 501 g/mol. The van der Waals surface area contributed by atoms with Crippen LogP contribution in [0.2, 0.25) is 10.0 Å². The molecule has 0 aliphatic carbocycles. The Morgan fingerprint density at radius 3 is 2.62 bits per heavy atom. The second-order valence-electron chi connectivity index (χ2n) is 7.26. The number of nitro benzene ring substituents is 1. The second-order valence-corrected chi connectivity index (χ2v) is 8.08. The highest BCUT2D eigenvalue weighted by Crippen LogP contribution is 2.27. The first-order chi connectivity index (χ1) is 16.3. The van der Waals surface area contributed by atoms with Gasteiger partial charge in [-0.05, 0) is 37.3 Å². The van der Waals surface area contributed by atoms with Gasteiger partial charge in [0.15, 0.2) is 17.3 Å². The Labute approximate surface area is 204 Å². The Balaban J connectivity index is 1.41. The predicted molar refractivity (Wildman–Crippen MR) is 127 cm³/mol. The quantitative estimate of drug-likeness (QED) is 0.238. The summed E-state index contributed by atoms with van der Waals surface area (Å²) in [6, 6.07) is 16.0. The summed E-state index contributed by atoms with van der Waals surface area (Å²) in [6.07, 6.45) is 0. The van der Waals surface area contributed by atoms with Gasteiger partial charge in [-0.25, -0.2) is 0 Å². The number of aryl methyl sites for hydroxylation is 1. The number of furan rings is 1. The van der Waals surface area contributed by atoms with Crippen LogP contribution >= 0.6 is 23.2 Å². The Morgan fingerprint density at radius 2 is 1.88 bits per heavy atom. The number of ether oxygens (including phenoxy) is 1. The number of hydrogen-bond donors (Lipinski definition) is 1. The van der Waals surface area contributed by atoms with Crippen LogP contribution in [0.25, 0.3) is 0 Å². The molecule has 0 aliphatic rings. The number of hydrogen-bond acceptors (Lipinski definition) is 6. The highest BCUT2D eigenvalue weighted by atomic mass is 35.5. The number of nitrogens with one attached hydrogen (secondary N) is 1. The summed E-state index contributed by atoms with van der Waals surface area (Å²) >= 11 is 12.5. The summed E-state index contributed by atoms with van der Waals surface area (Å²) < 4.78 is 12.7. The van der Waals surface area contributed by atoms with E-state index in [0.717, 1.165) is 11.3 Å². The molecule has 2 heterocycles. The van der Waals surface area contributed by atoms with Crippen LogP contribution in [0.3, 0.4) is 0 Å². The Hall–Kier alpha value is -3.82. The first-order valence-electron chi connectivity index (χ1n) is 10.1. The third-order valence-electron chi connectivity index (χ3n) is 4.91. The number of nitro groups is 1. The maximum atomic E-state index is 12.6. The van der Waals surface area contributed by atoms with E-state index in [2.05, 4.69) is 10.4 Å². The number of rotatable bonds is 8. The summed E-state index contributed by atoms with van der Waals surface area (Å²) in [5, 5.41) is 19.2. The molecule has 0 bridgehead atoms. The molecular formula is C23H18Cl2N4O5. The molecule has 1 amide bonds. The number of carbonyl (C=O) groups is 1. The highest BCUT2D eigenvalue weighted by molar-refractivity contribution is 6.35. The normalized spacial score (nSPS) is 10.8. The van der Waals surface area contributed by atoms with Gasteiger partial charge in [-0.1, -0.05) is 41.4 Å². The largest absolute Gasteiger partial charge is 0.479 e. The number of benzene rings is 2. The van der Waals surface area contributed by atoms with Gasteiger partial charge in [-0.15, -0.1) is 0 Å². The lowest BCUT2D eigenvalue weighted by Gasteiger charge is -2.08. The molecule has 0 saturated heterocycles. The Kier molecular flexibility index (Phi) is 6.85. The molecule has 0 saturated carbocycles. The Bertz CT molecular complexity index is 1340. The molecule has 0 radical (unpaired) electrons. The van der Waals surface area contributed by atoms with Gasteiger partial charge in [0.2, 0.25) is 0 Å². The zero-order valence-corrected chi connectivity index (χ0v) is 19.3. The van der Waals surface area contributed by atoms with Crippen molar-refractivity contribution in [2.24, 2.45) is 0 Å². The lowest BCUT2D eigenvalue weighted by Crippen LogP contribution is -2.12. The van der Waals surface area contributed by atoms with Crippen molar-refractivity contribution >= 4 is 40.6 Å². The minimum absolute atomic E-state index is 0.0440. The molecule has 34 heavy (non-hydrogen) atoms. The van der Waals surface area contributed by atoms with E-state index >= 15 is 0 Å². The second kappa shape index (κ2) is 9.98. The summed E-state index contributed by atoms with van der Waals surface area (Å²) in [5.74, 6) is 0.313. The van der Waals surface area contributed by atoms with Gasteiger partial charge in [0, 0.05) is 33.4 Å². The van der Waals surface area contributed by atoms with Gasteiger partial charge < -0.3 is 14.5 Å². The van der Waals surface area contributed by atoms with E-state index in [0.29, 0.717) is 28.2 Å². The molecule has 174 valence electrons. The lowest BCUT2D eigenvalue weighted by molar-refractivity contribution is -0.386. The van der Waals surface area contributed by atoms with Crippen molar-refractivity contribution in [3.8, 4) is 5.75 Å². The van der Waals surface area contributed by atoms with Crippen molar-refractivity contribution in [3.05, 3.63) is 104 Å². The van der Waals surface area contributed by atoms with Crippen LogP contribution in [0.4, 0.5) is 11.5 Å². The van der Waals surface area contributed by atoms with Gasteiger partial charge in [0.25, 0.3) is 5.91 Å². The van der Waals surface area contributed by atoms with Gasteiger partial charge in [-0.2, -0.15) is 5.10 Å². The van der Waals surface area contributed by atoms with E-state index in [1.54, 1.807) is 47.1 Å². The van der Waals surface area contributed by atoms with Gasteiger partial charge >= 0.3 is 5.69 Å². The topological polar surface area (TPSA) is 112 Å². The van der Waals surface area contributed by atoms with Crippen LogP contribution < -0.4 is 10.1 Å². The van der Waals surface area contributed by atoms with Crippen LogP contribution in [-0.2, 0) is 13.2 Å². The van der Waals surface area contributed by atoms with E-state index in [1.165, 1.54) is 18.2 Å². The fourth-order valence-electron chi connectivity index (χ4n) is 3.20. The minimum Gasteiger partial charge on any atom is -0.479 e. The minimum atomic E-state index is -0.531. The molecule has 0 aliphatic heterocycles. The third-order valence-corrected chi connectivity index (χ3v) is 5.62. The fraction of sp³-hybridized carbons (Fsp3) is 0.130. The molecule has 0 spiro atoms. The zero-order valence-electron chi connectivity index (χ0n) is 17.8. The summed E-state index contributed by atoms with van der Waals surface area (Å²) in [6.45, 7) is 2.11. The van der Waals surface area contributed by atoms with Crippen molar-refractivity contribution < 1.29 is 18.9 Å². The van der Waals surface area contributed by atoms with Crippen molar-refractivity contribution in [2.45, 2.75) is 20.1 Å². The predicted octanol–water partition coefficient (Wildman–Crippen LogP) is 5.88. The van der Waals surface area contributed by atoms with Gasteiger partial charge in [0.1, 0.15) is 12.4 Å². The third kappa shape index (κ3) is 5.22. The standard InChI is InChI=1S/C23H18Cl2N4O5/c1-14-11-22(27-28(14)12-16-17(24)5-4-6-18(16)25)26-23(30)21-10-9-15(34-21)13-33-20-8-3-2-7-19(20)29(31)32/h2-11H,12-13H2,1H3,(H,26,27,30). The molecule has 0 fully saturated rings. The average Bonchev–Trinajstić information content (AvgIpc) is 3.41. The van der Waals surface area contributed by atoms with E-state index in [1.807, 2.05) is 6.92 Å². The smallest absolute Gasteiger partial charge is 0.310 e. The van der Waals surface area contributed by atoms with Crippen molar-refractivity contribution in [3.63, 3.8) is 0 Å². The van der Waals surface area contributed by atoms with Gasteiger partial charge in [-0.3, -0.25) is 19.6 Å². The summed E-state index contributed by atoms with van der Waals surface area (Å²) in [7, 11) is 0. The van der Waals surface area contributed by atoms with Gasteiger partial charge in [0.05, 0.1) is 11.5 Å². The number of anilines is 1. The number of aromatic nitrogens is 2. The molecule has 4 rings (SSSR count). The summed E-state index contributed by atoms with van der Waals surface area (Å²) in [5.41, 5.74) is 1.37. The molecular weight excluding hydrogens is 483 g/mol.